The van der Waals surface area contributed by atoms with Crippen LogP contribution in [0.4, 0.5) is 8.78 Å². The fourth-order valence-corrected chi connectivity index (χ4v) is 3.41. The Balaban J connectivity index is 1.70. The minimum atomic E-state index is -3.81. The Morgan fingerprint density at radius 3 is 2.79 bits per heavy atom. The van der Waals surface area contributed by atoms with Gasteiger partial charge in [0, 0.05) is 5.56 Å². The van der Waals surface area contributed by atoms with Crippen LogP contribution in [0.15, 0.2) is 18.2 Å². The lowest BCUT2D eigenvalue weighted by Crippen LogP contribution is -2.58. The Morgan fingerprint density at radius 1 is 1.42 bits per heavy atom. The number of fused-ring (bicyclic) bond motifs is 1. The summed E-state index contributed by atoms with van der Waals surface area (Å²) in [5.41, 5.74) is -1.46. The summed E-state index contributed by atoms with van der Waals surface area (Å²) in [6, 6.07) is 4.76. The summed E-state index contributed by atoms with van der Waals surface area (Å²) in [7, 11) is 1.52. The number of para-hydroxylation sites is 1. The molecule has 1 fully saturated rings. The smallest absolute Gasteiger partial charge is 0.352 e. The molecule has 1 amide bonds. The van der Waals surface area contributed by atoms with Gasteiger partial charge in [-0.2, -0.15) is 8.78 Å². The standard InChI is InChI=1S/C17H21F2NO4/c1-23-13-6-4-5-11-9-12(10-24-14(11)13)20-15(21)17(18,19)16(22)7-2-3-8-16/h4-6,12,22H,2-3,7-10H2,1H3,(H,20,21). The van der Waals surface area contributed by atoms with Crippen molar-refractivity contribution in [3.05, 3.63) is 23.8 Å². The Labute approximate surface area is 138 Å². The van der Waals surface area contributed by atoms with Gasteiger partial charge in [-0.3, -0.25) is 4.79 Å². The number of ether oxygens (including phenoxy) is 2. The third-order valence-corrected chi connectivity index (χ3v) is 4.81. The number of halogens is 2. The van der Waals surface area contributed by atoms with Gasteiger partial charge in [-0.15, -0.1) is 0 Å². The number of carbonyl (C=O) groups excluding carboxylic acids is 1. The number of hydrogen-bond acceptors (Lipinski definition) is 4. The van der Waals surface area contributed by atoms with E-state index in [0.717, 1.165) is 5.56 Å². The fraction of sp³-hybridized carbons (Fsp3) is 0.588. The van der Waals surface area contributed by atoms with E-state index in [1.54, 1.807) is 18.2 Å². The summed E-state index contributed by atoms with van der Waals surface area (Å²) in [5, 5.41) is 12.4. The second-order valence-electron chi connectivity index (χ2n) is 6.45. The topological polar surface area (TPSA) is 67.8 Å². The molecule has 1 heterocycles. The number of methoxy groups -OCH3 is 1. The van der Waals surface area contributed by atoms with E-state index in [9.17, 15) is 18.7 Å². The Bertz CT molecular complexity index is 629. The minimum Gasteiger partial charge on any atom is -0.493 e. The number of nitrogens with one attached hydrogen (secondary N) is 1. The van der Waals surface area contributed by atoms with E-state index in [2.05, 4.69) is 5.32 Å². The Hall–Kier alpha value is -1.89. The van der Waals surface area contributed by atoms with E-state index in [0.29, 0.717) is 30.8 Å². The van der Waals surface area contributed by atoms with Crippen LogP contribution in [0, 0.1) is 0 Å². The lowest BCUT2D eigenvalue weighted by atomic mass is 9.92. The zero-order valence-corrected chi connectivity index (χ0v) is 13.5. The molecule has 0 radical (unpaired) electrons. The van der Waals surface area contributed by atoms with Crippen LogP contribution < -0.4 is 14.8 Å². The van der Waals surface area contributed by atoms with Crippen LogP contribution in [0.3, 0.4) is 0 Å². The number of amides is 1. The first kappa shape index (κ1) is 17.0. The molecule has 0 aromatic heterocycles. The number of carbonyl (C=O) groups is 1. The van der Waals surface area contributed by atoms with Crippen molar-refractivity contribution in [1.82, 2.24) is 5.32 Å². The van der Waals surface area contributed by atoms with Gasteiger partial charge in [0.05, 0.1) is 13.2 Å². The lowest BCUT2D eigenvalue weighted by molar-refractivity contribution is -0.191. The molecule has 5 nitrogen and oxygen atoms in total. The van der Waals surface area contributed by atoms with Crippen molar-refractivity contribution in [3.63, 3.8) is 0 Å². The normalized spacial score (nSPS) is 22.4. The molecule has 24 heavy (non-hydrogen) atoms. The summed E-state index contributed by atoms with van der Waals surface area (Å²) in [5.74, 6) is -4.10. The molecule has 2 aliphatic rings. The van der Waals surface area contributed by atoms with Crippen LogP contribution in [0.5, 0.6) is 11.5 Å². The summed E-state index contributed by atoms with van der Waals surface area (Å²) >= 11 is 0. The van der Waals surface area contributed by atoms with E-state index >= 15 is 0 Å². The van der Waals surface area contributed by atoms with Crippen molar-refractivity contribution in [1.29, 1.82) is 0 Å². The number of rotatable bonds is 4. The third kappa shape index (κ3) is 2.81. The molecule has 1 aliphatic carbocycles. The van der Waals surface area contributed by atoms with Crippen LogP contribution in [0.25, 0.3) is 0 Å². The Morgan fingerprint density at radius 2 is 2.12 bits per heavy atom. The quantitative estimate of drug-likeness (QED) is 0.880. The van der Waals surface area contributed by atoms with E-state index < -0.39 is 23.5 Å². The highest BCUT2D eigenvalue weighted by Gasteiger charge is 2.59. The van der Waals surface area contributed by atoms with Crippen LogP contribution in [-0.2, 0) is 11.2 Å². The number of hydrogen-bond donors (Lipinski definition) is 2. The average molecular weight is 341 g/mol. The first-order valence-corrected chi connectivity index (χ1v) is 8.07. The monoisotopic (exact) mass is 341 g/mol. The van der Waals surface area contributed by atoms with Crippen molar-refractivity contribution >= 4 is 5.91 Å². The van der Waals surface area contributed by atoms with Gasteiger partial charge in [-0.25, -0.2) is 0 Å². The third-order valence-electron chi connectivity index (χ3n) is 4.81. The van der Waals surface area contributed by atoms with Crippen molar-refractivity contribution in [2.45, 2.75) is 49.7 Å². The SMILES string of the molecule is COc1cccc2c1OCC(NC(=O)C(F)(F)C1(O)CCCC1)C2. The van der Waals surface area contributed by atoms with Crippen LogP contribution in [0.1, 0.15) is 31.2 Å². The largest absolute Gasteiger partial charge is 0.493 e. The number of alkyl halides is 2. The second kappa shape index (κ2) is 6.20. The maximum absolute atomic E-state index is 14.4. The first-order chi connectivity index (χ1) is 11.4. The zero-order valence-electron chi connectivity index (χ0n) is 13.5. The highest BCUT2D eigenvalue weighted by Crippen LogP contribution is 2.42. The minimum absolute atomic E-state index is 0.0609. The summed E-state index contributed by atoms with van der Waals surface area (Å²) in [6.07, 6.45) is 1.24. The molecule has 1 saturated carbocycles. The number of benzene rings is 1. The van der Waals surface area contributed by atoms with E-state index in [1.165, 1.54) is 7.11 Å². The summed E-state index contributed by atoms with van der Waals surface area (Å²) < 4.78 is 39.5. The molecule has 7 heteroatoms. The van der Waals surface area contributed by atoms with Gasteiger partial charge in [0.1, 0.15) is 12.2 Å². The van der Waals surface area contributed by atoms with Crippen LogP contribution in [0.2, 0.25) is 0 Å². The van der Waals surface area contributed by atoms with Gasteiger partial charge < -0.3 is 19.9 Å². The summed E-state index contributed by atoms with van der Waals surface area (Å²) in [4.78, 5) is 12.1. The zero-order chi connectivity index (χ0) is 17.4. The van der Waals surface area contributed by atoms with Gasteiger partial charge in [0.2, 0.25) is 0 Å². The molecular formula is C17H21F2NO4. The van der Waals surface area contributed by atoms with Gasteiger partial charge in [0.15, 0.2) is 11.5 Å². The molecule has 1 aromatic carbocycles. The first-order valence-electron chi connectivity index (χ1n) is 8.07. The number of aliphatic hydroxyl groups is 1. The average Bonchev–Trinajstić information content (AvgIpc) is 3.02. The highest BCUT2D eigenvalue weighted by molar-refractivity contribution is 5.85. The van der Waals surface area contributed by atoms with Crippen molar-refractivity contribution < 1.29 is 28.2 Å². The van der Waals surface area contributed by atoms with Gasteiger partial charge in [0.25, 0.3) is 5.91 Å². The van der Waals surface area contributed by atoms with E-state index in [1.807, 2.05) is 0 Å². The maximum atomic E-state index is 14.4. The molecule has 1 unspecified atom stereocenters. The second-order valence-corrected chi connectivity index (χ2v) is 6.45. The molecule has 0 spiro atoms. The molecule has 0 saturated heterocycles. The lowest BCUT2D eigenvalue weighted by Gasteiger charge is -2.33. The van der Waals surface area contributed by atoms with Gasteiger partial charge in [-0.1, -0.05) is 25.0 Å². The molecule has 0 bridgehead atoms. The fourth-order valence-electron chi connectivity index (χ4n) is 3.41. The molecule has 1 aromatic rings. The van der Waals surface area contributed by atoms with E-state index in [-0.39, 0.29) is 19.4 Å². The van der Waals surface area contributed by atoms with Crippen molar-refractivity contribution in [3.8, 4) is 11.5 Å². The van der Waals surface area contributed by atoms with E-state index in [4.69, 9.17) is 9.47 Å². The molecule has 3 rings (SSSR count). The van der Waals surface area contributed by atoms with Crippen LogP contribution in [-0.4, -0.2) is 42.3 Å². The highest BCUT2D eigenvalue weighted by atomic mass is 19.3. The summed E-state index contributed by atoms with van der Waals surface area (Å²) in [6.45, 7) is 0.0770. The molecule has 1 atom stereocenters. The predicted octanol–water partition coefficient (Wildman–Crippen LogP) is 2.06. The predicted molar refractivity (Wildman–Crippen MR) is 82.5 cm³/mol. The molecule has 132 valence electrons. The van der Waals surface area contributed by atoms with Gasteiger partial charge in [-0.05, 0) is 25.3 Å². The van der Waals surface area contributed by atoms with Crippen LogP contribution >= 0.6 is 0 Å². The van der Waals surface area contributed by atoms with Crippen molar-refractivity contribution in [2.75, 3.05) is 13.7 Å². The molecule has 1 aliphatic heterocycles. The van der Waals surface area contributed by atoms with Gasteiger partial charge >= 0.3 is 5.92 Å². The maximum Gasteiger partial charge on any atom is 0.352 e. The molecular weight excluding hydrogens is 320 g/mol. The van der Waals surface area contributed by atoms with Crippen molar-refractivity contribution in [2.24, 2.45) is 0 Å². The molecule has 2 N–H and O–H groups in total. The Kier molecular flexibility index (Phi) is 4.38.